The maximum absolute atomic E-state index is 12.7. The highest BCUT2D eigenvalue weighted by Crippen LogP contribution is 2.31. The molecule has 23 heavy (non-hydrogen) atoms. The van der Waals surface area contributed by atoms with Crippen LogP contribution in [0.4, 0.5) is 0 Å². The van der Waals surface area contributed by atoms with Gasteiger partial charge in [0.1, 0.15) is 13.3 Å². The first-order chi connectivity index (χ1) is 10.8. The zero-order valence-electron chi connectivity index (χ0n) is 12.1. The molecule has 0 bridgehead atoms. The summed E-state index contributed by atoms with van der Waals surface area (Å²) in [5.74, 6) is 0. The van der Waals surface area contributed by atoms with Crippen LogP contribution in [-0.2, 0) is 19.9 Å². The summed E-state index contributed by atoms with van der Waals surface area (Å²) in [7, 11) is -7.69. The van der Waals surface area contributed by atoms with Gasteiger partial charge in [0.05, 0.1) is 11.4 Å². The molecule has 0 fully saturated rings. The van der Waals surface area contributed by atoms with Crippen molar-refractivity contribution < 1.29 is 16.8 Å². The van der Waals surface area contributed by atoms with Gasteiger partial charge in [-0.2, -0.15) is 17.6 Å². The van der Waals surface area contributed by atoms with Crippen molar-refractivity contribution in [2.75, 3.05) is 0 Å². The van der Waals surface area contributed by atoms with E-state index in [0.29, 0.717) is 0 Å². The Balaban J connectivity index is 2.23. The zero-order valence-corrected chi connectivity index (χ0v) is 15.4. The third-order valence-corrected chi connectivity index (χ3v) is 9.63. The molecule has 0 amide bonds. The van der Waals surface area contributed by atoms with Gasteiger partial charge in [-0.15, -0.1) is 22.7 Å². The molecule has 6 nitrogen and oxygen atoms in total. The summed E-state index contributed by atoms with van der Waals surface area (Å²) in [6.45, 7) is 2.94. The standard InChI is InChI=1S/C13H12N2O4S4/c1-9-13(22(16,17)11-5-3-7-20-11)10(2)15(14-9)23(18,19)12-6-4-8-21-12/h3-8H,1-2H3. The van der Waals surface area contributed by atoms with Gasteiger partial charge in [-0.1, -0.05) is 12.1 Å². The van der Waals surface area contributed by atoms with E-state index in [1.807, 2.05) is 0 Å². The van der Waals surface area contributed by atoms with Gasteiger partial charge in [-0.3, -0.25) is 0 Å². The lowest BCUT2D eigenvalue weighted by Crippen LogP contribution is -2.15. The molecule has 0 aliphatic carbocycles. The van der Waals surface area contributed by atoms with Gasteiger partial charge in [0.25, 0.3) is 10.0 Å². The summed E-state index contributed by atoms with van der Waals surface area (Å²) in [5.41, 5.74) is 0.250. The minimum Gasteiger partial charge on any atom is -0.218 e. The van der Waals surface area contributed by atoms with Crippen LogP contribution in [0.5, 0.6) is 0 Å². The molecule has 0 saturated heterocycles. The van der Waals surface area contributed by atoms with Crippen molar-refractivity contribution in [2.24, 2.45) is 0 Å². The third-order valence-electron chi connectivity index (χ3n) is 3.19. The maximum Gasteiger partial charge on any atom is 0.292 e. The second-order valence-corrected chi connectivity index (χ2v) is 10.7. The van der Waals surface area contributed by atoms with E-state index in [1.165, 1.54) is 26.0 Å². The van der Waals surface area contributed by atoms with Crippen molar-refractivity contribution in [3.63, 3.8) is 0 Å². The molecule has 0 aromatic carbocycles. The van der Waals surface area contributed by atoms with E-state index in [0.717, 1.165) is 26.8 Å². The van der Waals surface area contributed by atoms with Crippen LogP contribution in [0, 0.1) is 13.8 Å². The number of aromatic nitrogens is 2. The summed E-state index contributed by atoms with van der Waals surface area (Å²) in [4.78, 5) is -0.0555. The van der Waals surface area contributed by atoms with Crippen LogP contribution >= 0.6 is 22.7 Å². The number of hydrogen-bond acceptors (Lipinski definition) is 7. The molecule has 3 heterocycles. The first-order valence-electron chi connectivity index (χ1n) is 6.40. The van der Waals surface area contributed by atoms with Crippen molar-refractivity contribution in [3.05, 3.63) is 46.4 Å². The molecule has 3 aromatic rings. The van der Waals surface area contributed by atoms with Crippen molar-refractivity contribution in [1.29, 1.82) is 0 Å². The van der Waals surface area contributed by atoms with Crippen LogP contribution in [0.15, 0.2) is 48.3 Å². The Kier molecular flexibility index (Phi) is 3.95. The minimum absolute atomic E-state index is 0.0555. The molecule has 0 spiro atoms. The van der Waals surface area contributed by atoms with Gasteiger partial charge in [-0.25, -0.2) is 8.42 Å². The van der Waals surface area contributed by atoms with Crippen LogP contribution in [-0.4, -0.2) is 26.0 Å². The average molecular weight is 389 g/mol. The molecule has 0 aliphatic rings. The Hall–Kier alpha value is -1.49. The lowest BCUT2D eigenvalue weighted by Gasteiger charge is -2.05. The Bertz CT molecular complexity index is 1040. The Morgan fingerprint density at radius 1 is 0.957 bits per heavy atom. The fourth-order valence-electron chi connectivity index (χ4n) is 2.24. The van der Waals surface area contributed by atoms with E-state index in [1.54, 1.807) is 22.9 Å². The fraction of sp³-hybridized carbons (Fsp3) is 0.154. The first-order valence-corrected chi connectivity index (χ1v) is 11.1. The van der Waals surface area contributed by atoms with Crippen LogP contribution in [0.2, 0.25) is 0 Å². The van der Waals surface area contributed by atoms with E-state index in [9.17, 15) is 16.8 Å². The minimum atomic E-state index is -3.89. The molecule has 0 atom stereocenters. The van der Waals surface area contributed by atoms with Gasteiger partial charge in [0, 0.05) is 0 Å². The van der Waals surface area contributed by atoms with E-state index < -0.39 is 19.9 Å². The summed E-state index contributed by atoms with van der Waals surface area (Å²) in [6.07, 6.45) is 0. The summed E-state index contributed by atoms with van der Waals surface area (Å²) >= 11 is 2.14. The average Bonchev–Trinajstić information content (AvgIpc) is 3.19. The highest BCUT2D eigenvalue weighted by Gasteiger charge is 2.31. The molecular formula is C13H12N2O4S4. The highest BCUT2D eigenvalue weighted by molar-refractivity contribution is 7.94. The number of nitrogens with zero attached hydrogens (tertiary/aromatic N) is 2. The van der Waals surface area contributed by atoms with Gasteiger partial charge in [0.15, 0.2) is 0 Å². The lowest BCUT2D eigenvalue weighted by molar-refractivity contribution is 0.579. The number of sulfone groups is 1. The Morgan fingerprint density at radius 2 is 1.52 bits per heavy atom. The maximum atomic E-state index is 12.7. The first kappa shape index (κ1) is 16.4. The van der Waals surface area contributed by atoms with Crippen LogP contribution in [0.1, 0.15) is 11.4 Å². The predicted molar refractivity (Wildman–Crippen MR) is 88.4 cm³/mol. The SMILES string of the molecule is Cc1nn(S(=O)(=O)c2cccs2)c(C)c1S(=O)(=O)c1cccs1. The topological polar surface area (TPSA) is 86.1 Å². The summed E-state index contributed by atoms with van der Waals surface area (Å²) in [5, 5.41) is 7.27. The predicted octanol–water partition coefficient (Wildman–Crippen LogP) is 2.69. The highest BCUT2D eigenvalue weighted by atomic mass is 32.2. The van der Waals surface area contributed by atoms with E-state index in [2.05, 4.69) is 5.10 Å². The summed E-state index contributed by atoms with van der Waals surface area (Å²) in [6, 6.07) is 6.20. The largest absolute Gasteiger partial charge is 0.292 e. The van der Waals surface area contributed by atoms with Gasteiger partial charge < -0.3 is 0 Å². The molecular weight excluding hydrogens is 376 g/mol. The molecule has 0 radical (unpaired) electrons. The van der Waals surface area contributed by atoms with Gasteiger partial charge >= 0.3 is 0 Å². The van der Waals surface area contributed by atoms with Crippen molar-refractivity contribution in [3.8, 4) is 0 Å². The molecule has 3 aromatic heterocycles. The molecule has 122 valence electrons. The van der Waals surface area contributed by atoms with Crippen molar-refractivity contribution >= 4 is 42.5 Å². The van der Waals surface area contributed by atoms with E-state index in [4.69, 9.17) is 0 Å². The molecule has 0 N–H and O–H groups in total. The lowest BCUT2D eigenvalue weighted by atomic mass is 10.4. The quantitative estimate of drug-likeness (QED) is 0.686. The van der Waals surface area contributed by atoms with Gasteiger partial charge in [0.2, 0.25) is 9.84 Å². The normalized spacial score (nSPS) is 12.6. The molecule has 3 rings (SSSR count). The number of thiophene rings is 2. The molecule has 10 heteroatoms. The van der Waals surface area contributed by atoms with Crippen LogP contribution in [0.25, 0.3) is 0 Å². The smallest absolute Gasteiger partial charge is 0.218 e. The second-order valence-electron chi connectivity index (χ2n) is 4.72. The van der Waals surface area contributed by atoms with Crippen molar-refractivity contribution in [2.45, 2.75) is 27.2 Å². The molecule has 0 unspecified atom stereocenters. The third kappa shape index (κ3) is 2.55. The second kappa shape index (κ2) is 5.55. The zero-order chi connectivity index (χ0) is 16.8. The molecule has 0 saturated carbocycles. The number of hydrogen-bond donors (Lipinski definition) is 0. The number of aryl methyl sites for hydroxylation is 1. The monoisotopic (exact) mass is 388 g/mol. The number of rotatable bonds is 4. The van der Waals surface area contributed by atoms with Crippen molar-refractivity contribution in [1.82, 2.24) is 9.19 Å². The van der Waals surface area contributed by atoms with E-state index >= 15 is 0 Å². The van der Waals surface area contributed by atoms with Crippen LogP contribution < -0.4 is 0 Å². The molecule has 0 aliphatic heterocycles. The fourth-order valence-corrected chi connectivity index (χ4v) is 7.45. The Morgan fingerprint density at radius 3 is 2.04 bits per heavy atom. The van der Waals surface area contributed by atoms with Crippen LogP contribution in [0.3, 0.4) is 0 Å². The Labute approximate surface area is 142 Å². The van der Waals surface area contributed by atoms with Gasteiger partial charge in [-0.05, 0) is 36.7 Å². The summed E-state index contributed by atoms with van der Waals surface area (Å²) < 4.78 is 51.8. The van der Waals surface area contributed by atoms with E-state index in [-0.39, 0.29) is 24.7 Å².